The van der Waals surface area contributed by atoms with Crippen LogP contribution in [0.4, 0.5) is 39.8 Å². The predicted molar refractivity (Wildman–Crippen MR) is 151 cm³/mol. The fourth-order valence-electron chi connectivity index (χ4n) is 3.77. The van der Waals surface area contributed by atoms with E-state index in [1.165, 1.54) is 12.1 Å². The molecule has 0 fully saturated rings. The summed E-state index contributed by atoms with van der Waals surface area (Å²) >= 11 is 0. The van der Waals surface area contributed by atoms with Crippen LogP contribution in [0.25, 0.3) is 10.8 Å². The molecule has 0 spiro atoms. The molecule has 0 bridgehead atoms. The summed E-state index contributed by atoms with van der Waals surface area (Å²) in [6.07, 6.45) is 0. The second-order valence-corrected chi connectivity index (χ2v) is 9.86. The first-order valence-electron chi connectivity index (χ1n) is 11.6. The van der Waals surface area contributed by atoms with Crippen molar-refractivity contribution in [3.8, 4) is 5.75 Å². The van der Waals surface area contributed by atoms with Crippen molar-refractivity contribution in [3.05, 3.63) is 103 Å². The van der Waals surface area contributed by atoms with Crippen LogP contribution in [0.3, 0.4) is 0 Å². The maximum Gasteiger partial charge on any atom is 0.296 e. The van der Waals surface area contributed by atoms with Crippen LogP contribution in [0.2, 0.25) is 0 Å². The zero-order valence-electron chi connectivity index (χ0n) is 20.3. The number of hydrogen-bond donors (Lipinski definition) is 4. The van der Waals surface area contributed by atoms with E-state index >= 15 is 0 Å². The van der Waals surface area contributed by atoms with E-state index in [-0.39, 0.29) is 16.3 Å². The predicted octanol–water partition coefficient (Wildman–Crippen LogP) is 7.95. The van der Waals surface area contributed by atoms with Crippen LogP contribution < -0.4 is 11.1 Å². The number of anilines is 3. The molecule has 5 aromatic carbocycles. The Hall–Kier alpha value is -5.13. The Bertz CT molecular complexity index is 1820. The van der Waals surface area contributed by atoms with Crippen molar-refractivity contribution in [2.45, 2.75) is 4.90 Å². The van der Waals surface area contributed by atoms with Gasteiger partial charge in [-0.25, -0.2) is 0 Å². The Morgan fingerprint density at radius 2 is 1.26 bits per heavy atom. The Balaban J connectivity index is 1.32. The lowest BCUT2D eigenvalue weighted by molar-refractivity contribution is 0.482. The van der Waals surface area contributed by atoms with Gasteiger partial charge in [-0.3, -0.25) is 4.55 Å². The van der Waals surface area contributed by atoms with E-state index < -0.39 is 10.1 Å². The summed E-state index contributed by atoms with van der Waals surface area (Å²) in [6.45, 7) is 0. The van der Waals surface area contributed by atoms with E-state index in [0.29, 0.717) is 33.8 Å². The number of azo groups is 2. The highest BCUT2D eigenvalue weighted by Gasteiger charge is 2.15. The maximum atomic E-state index is 11.5. The second kappa shape index (κ2) is 10.7. The summed E-state index contributed by atoms with van der Waals surface area (Å²) in [5.41, 5.74) is 8.95. The zero-order chi connectivity index (χ0) is 27.4. The number of nitrogen functional groups attached to an aromatic ring is 1. The van der Waals surface area contributed by atoms with E-state index in [1.807, 2.05) is 30.3 Å². The number of aromatic hydroxyl groups is 1. The molecule has 39 heavy (non-hydrogen) atoms. The topological polar surface area (TPSA) is 162 Å². The molecule has 10 nitrogen and oxygen atoms in total. The molecule has 194 valence electrons. The molecule has 0 aliphatic rings. The number of benzene rings is 5. The molecule has 5 rings (SSSR count). The highest BCUT2D eigenvalue weighted by Crippen LogP contribution is 2.37. The lowest BCUT2D eigenvalue weighted by Crippen LogP contribution is -2.04. The van der Waals surface area contributed by atoms with Gasteiger partial charge >= 0.3 is 0 Å². The quantitative estimate of drug-likeness (QED) is 0.0933. The molecule has 0 unspecified atom stereocenters. The van der Waals surface area contributed by atoms with Crippen LogP contribution in [0.5, 0.6) is 5.75 Å². The van der Waals surface area contributed by atoms with E-state index in [4.69, 9.17) is 5.73 Å². The minimum Gasteiger partial charge on any atom is -0.505 e. The molecule has 0 saturated heterocycles. The van der Waals surface area contributed by atoms with Crippen LogP contribution in [0, 0.1) is 0 Å². The third-order valence-corrected chi connectivity index (χ3v) is 6.62. The van der Waals surface area contributed by atoms with Crippen molar-refractivity contribution < 1.29 is 18.1 Å². The lowest BCUT2D eigenvalue weighted by Gasteiger charge is -2.11. The van der Waals surface area contributed by atoms with Gasteiger partial charge in [0.25, 0.3) is 10.1 Å². The summed E-state index contributed by atoms with van der Waals surface area (Å²) in [5, 5.41) is 31.9. The SMILES string of the molecule is Nc1ccc(Nc2ccc3c(O)c(N=Nc4ccc(N=Nc5ccccc5)cc4)ccc3c2)cc1S(=O)(=O)O. The number of rotatable bonds is 7. The molecule has 0 aromatic heterocycles. The first kappa shape index (κ1) is 25.5. The molecular formula is C28H22N6O4S. The molecule has 0 atom stereocenters. The first-order valence-corrected chi connectivity index (χ1v) is 13.1. The van der Waals surface area contributed by atoms with E-state index in [0.717, 1.165) is 11.1 Å². The van der Waals surface area contributed by atoms with Gasteiger partial charge in [0.1, 0.15) is 10.6 Å². The summed E-state index contributed by atoms with van der Waals surface area (Å²) in [6, 6.07) is 29.3. The van der Waals surface area contributed by atoms with Gasteiger partial charge in [-0.1, -0.05) is 24.3 Å². The standard InChI is InChI=1S/C28H22N6O4S/c29-25-14-12-23(17-27(25)39(36,37)38)30-22-11-13-24-18(16-22)6-15-26(28(24)35)34-33-21-9-7-20(8-10-21)32-31-19-4-2-1-3-5-19/h1-17,30,35H,29H2,(H,36,37,38). The Morgan fingerprint density at radius 3 is 1.92 bits per heavy atom. The number of nitrogens with zero attached hydrogens (tertiary/aromatic N) is 4. The van der Waals surface area contributed by atoms with Crippen molar-refractivity contribution in [1.29, 1.82) is 0 Å². The molecule has 11 heteroatoms. The van der Waals surface area contributed by atoms with Crippen molar-refractivity contribution in [2.24, 2.45) is 20.5 Å². The molecule has 0 aliphatic carbocycles. The second-order valence-electron chi connectivity index (χ2n) is 8.47. The van der Waals surface area contributed by atoms with Crippen molar-refractivity contribution >= 4 is 60.7 Å². The van der Waals surface area contributed by atoms with Gasteiger partial charge < -0.3 is 16.2 Å². The third-order valence-electron chi connectivity index (χ3n) is 5.71. The van der Waals surface area contributed by atoms with Gasteiger partial charge in [-0.15, -0.1) is 5.11 Å². The van der Waals surface area contributed by atoms with Crippen LogP contribution in [0.1, 0.15) is 0 Å². The van der Waals surface area contributed by atoms with Gasteiger partial charge in [0.15, 0.2) is 5.75 Å². The summed E-state index contributed by atoms with van der Waals surface area (Å²) in [5.74, 6) is -0.0303. The van der Waals surface area contributed by atoms with Crippen LogP contribution in [-0.4, -0.2) is 18.1 Å². The maximum absolute atomic E-state index is 11.5. The van der Waals surface area contributed by atoms with Crippen LogP contribution in [-0.2, 0) is 10.1 Å². The molecule has 0 radical (unpaired) electrons. The number of fused-ring (bicyclic) bond motifs is 1. The van der Waals surface area contributed by atoms with Crippen molar-refractivity contribution in [3.63, 3.8) is 0 Å². The summed E-state index contributed by atoms with van der Waals surface area (Å²) in [4.78, 5) is -0.382. The number of nitrogens with one attached hydrogen (secondary N) is 1. The molecule has 5 aromatic rings. The molecule has 0 amide bonds. The minimum absolute atomic E-state index is 0.0303. The third kappa shape index (κ3) is 6.06. The Morgan fingerprint density at radius 1 is 0.667 bits per heavy atom. The highest BCUT2D eigenvalue weighted by atomic mass is 32.2. The molecule has 5 N–H and O–H groups in total. The molecular weight excluding hydrogens is 516 g/mol. The lowest BCUT2D eigenvalue weighted by atomic mass is 10.1. The van der Waals surface area contributed by atoms with E-state index in [9.17, 15) is 18.1 Å². The normalized spacial score (nSPS) is 11.9. The minimum atomic E-state index is -4.46. The fourth-order valence-corrected chi connectivity index (χ4v) is 4.41. The summed E-state index contributed by atoms with van der Waals surface area (Å²) < 4.78 is 32.4. The van der Waals surface area contributed by atoms with E-state index in [1.54, 1.807) is 60.7 Å². The highest BCUT2D eigenvalue weighted by molar-refractivity contribution is 7.86. The average Bonchev–Trinajstić information content (AvgIpc) is 2.93. The van der Waals surface area contributed by atoms with Gasteiger partial charge in [0, 0.05) is 16.8 Å². The van der Waals surface area contributed by atoms with Gasteiger partial charge in [-0.2, -0.15) is 23.8 Å². The number of hydrogen-bond acceptors (Lipinski definition) is 9. The monoisotopic (exact) mass is 538 g/mol. The molecule has 0 saturated carbocycles. The van der Waals surface area contributed by atoms with Gasteiger partial charge in [-0.05, 0) is 84.2 Å². The Kier molecular flexibility index (Phi) is 7.00. The van der Waals surface area contributed by atoms with Crippen molar-refractivity contribution in [2.75, 3.05) is 11.1 Å². The Labute approximate surface area is 223 Å². The summed E-state index contributed by atoms with van der Waals surface area (Å²) in [7, 11) is -4.46. The van der Waals surface area contributed by atoms with E-state index in [2.05, 4.69) is 25.8 Å². The number of phenolic OH excluding ortho intramolecular Hbond substituents is 1. The van der Waals surface area contributed by atoms with Gasteiger partial charge in [0.05, 0.1) is 22.7 Å². The van der Waals surface area contributed by atoms with Gasteiger partial charge in [0.2, 0.25) is 0 Å². The van der Waals surface area contributed by atoms with Crippen LogP contribution in [0.15, 0.2) is 128 Å². The van der Waals surface area contributed by atoms with Crippen LogP contribution >= 0.6 is 0 Å². The average molecular weight is 539 g/mol. The zero-order valence-corrected chi connectivity index (χ0v) is 21.1. The van der Waals surface area contributed by atoms with Crippen molar-refractivity contribution in [1.82, 2.24) is 0 Å². The molecule has 0 aliphatic heterocycles. The number of nitrogens with two attached hydrogens (primary N) is 1. The smallest absolute Gasteiger partial charge is 0.296 e. The fraction of sp³-hybridized carbons (Fsp3) is 0. The number of phenols is 1. The largest absolute Gasteiger partial charge is 0.505 e. The first-order chi connectivity index (χ1) is 18.8. The molecule has 0 heterocycles.